The first-order valence-electron chi connectivity index (χ1n) is 14.2. The number of hydrogen-bond acceptors (Lipinski definition) is 6. The predicted octanol–water partition coefficient (Wildman–Crippen LogP) is 6.18. The lowest BCUT2D eigenvalue weighted by Gasteiger charge is -2.35. The fourth-order valence-electron chi connectivity index (χ4n) is 6.53. The summed E-state index contributed by atoms with van der Waals surface area (Å²) >= 11 is 0. The minimum atomic E-state index is -4.55. The number of likely N-dealkylation sites (tertiary alicyclic amines) is 1. The zero-order valence-corrected chi connectivity index (χ0v) is 22.8. The third-order valence-corrected chi connectivity index (χ3v) is 8.92. The van der Waals surface area contributed by atoms with Crippen LogP contribution in [-0.4, -0.2) is 64.9 Å². The van der Waals surface area contributed by atoms with Crippen molar-refractivity contribution in [2.45, 2.75) is 76.0 Å². The second-order valence-corrected chi connectivity index (χ2v) is 11.6. The summed E-state index contributed by atoms with van der Waals surface area (Å²) in [5.41, 5.74) is 0.312. The van der Waals surface area contributed by atoms with Crippen molar-refractivity contribution in [3.63, 3.8) is 0 Å². The van der Waals surface area contributed by atoms with Gasteiger partial charge in [0.2, 0.25) is 5.95 Å². The number of carbonyl (C=O) groups is 1. The molecule has 2 saturated carbocycles. The maximum Gasteiger partial charge on any atom is 0.421 e. The van der Waals surface area contributed by atoms with Gasteiger partial charge in [-0.25, -0.2) is 4.98 Å². The highest BCUT2D eigenvalue weighted by molar-refractivity contribution is 5.94. The number of aromatic nitrogens is 2. The van der Waals surface area contributed by atoms with Crippen molar-refractivity contribution in [1.29, 1.82) is 0 Å². The monoisotopic (exact) mass is 544 g/mol. The molecule has 2 atom stereocenters. The fourth-order valence-corrected chi connectivity index (χ4v) is 6.53. The molecule has 0 radical (unpaired) electrons. The Morgan fingerprint density at radius 3 is 2.36 bits per heavy atom. The molecule has 10 heteroatoms. The number of anilines is 3. The number of nitrogens with zero attached hydrogens (tertiary/aromatic N) is 4. The maximum atomic E-state index is 13.8. The predicted molar refractivity (Wildman–Crippen MR) is 146 cm³/mol. The third-order valence-electron chi connectivity index (χ3n) is 8.92. The molecule has 39 heavy (non-hydrogen) atoms. The summed E-state index contributed by atoms with van der Waals surface area (Å²) in [7, 11) is 3.93. The number of carbonyl (C=O) groups excluding carboxylic acids is 1. The van der Waals surface area contributed by atoms with E-state index in [1.165, 1.54) is 25.7 Å². The van der Waals surface area contributed by atoms with Gasteiger partial charge >= 0.3 is 6.18 Å². The van der Waals surface area contributed by atoms with E-state index in [1.807, 2.05) is 11.9 Å². The van der Waals surface area contributed by atoms with Crippen LogP contribution in [0.3, 0.4) is 0 Å². The van der Waals surface area contributed by atoms with Gasteiger partial charge in [0.1, 0.15) is 11.4 Å². The highest BCUT2D eigenvalue weighted by atomic mass is 19.4. The molecule has 1 saturated heterocycles. The van der Waals surface area contributed by atoms with Crippen LogP contribution in [0.1, 0.15) is 73.7 Å². The Labute approximate surface area is 228 Å². The number of halogens is 3. The Morgan fingerprint density at radius 1 is 1.00 bits per heavy atom. The van der Waals surface area contributed by atoms with Crippen molar-refractivity contribution in [1.82, 2.24) is 19.8 Å². The van der Waals surface area contributed by atoms with Gasteiger partial charge < -0.3 is 20.4 Å². The second kappa shape index (κ2) is 11.7. The van der Waals surface area contributed by atoms with Crippen LogP contribution in [0, 0.1) is 11.8 Å². The van der Waals surface area contributed by atoms with Gasteiger partial charge in [-0.15, -0.1) is 0 Å². The lowest BCUT2D eigenvalue weighted by Crippen LogP contribution is -2.44. The molecule has 212 valence electrons. The summed E-state index contributed by atoms with van der Waals surface area (Å²) in [6.45, 7) is 1.94. The average molecular weight is 545 g/mol. The maximum absolute atomic E-state index is 13.8. The number of nitrogens with one attached hydrogen (secondary N) is 2. The van der Waals surface area contributed by atoms with Crippen molar-refractivity contribution >= 4 is 23.4 Å². The van der Waals surface area contributed by atoms with E-state index < -0.39 is 11.7 Å². The molecule has 7 nitrogen and oxygen atoms in total. The Bertz CT molecular complexity index is 1130. The number of benzene rings is 1. The summed E-state index contributed by atoms with van der Waals surface area (Å²) in [6.07, 6.45) is 6.00. The van der Waals surface area contributed by atoms with Gasteiger partial charge in [-0.05, 0) is 88.3 Å². The largest absolute Gasteiger partial charge is 0.421 e. The summed E-state index contributed by atoms with van der Waals surface area (Å²) in [5, 5.41) is 6.11. The lowest BCUT2D eigenvalue weighted by molar-refractivity contribution is -0.137. The molecule has 2 aromatic rings. The minimum absolute atomic E-state index is 0.0219. The van der Waals surface area contributed by atoms with Gasteiger partial charge in [-0.2, -0.15) is 18.2 Å². The first-order valence-corrected chi connectivity index (χ1v) is 14.2. The molecule has 0 bridgehead atoms. The van der Waals surface area contributed by atoms with E-state index in [4.69, 9.17) is 0 Å². The molecule has 1 aromatic heterocycles. The van der Waals surface area contributed by atoms with Gasteiger partial charge in [-0.3, -0.25) is 4.79 Å². The van der Waals surface area contributed by atoms with E-state index in [2.05, 4.69) is 32.5 Å². The van der Waals surface area contributed by atoms with E-state index in [9.17, 15) is 18.0 Å². The van der Waals surface area contributed by atoms with Crippen molar-refractivity contribution in [3.8, 4) is 0 Å². The molecule has 2 aliphatic carbocycles. The minimum Gasteiger partial charge on any atom is -0.367 e. The van der Waals surface area contributed by atoms with Crippen molar-refractivity contribution in [2.75, 3.05) is 37.8 Å². The molecule has 1 aliphatic heterocycles. The van der Waals surface area contributed by atoms with Gasteiger partial charge in [0.15, 0.2) is 0 Å². The van der Waals surface area contributed by atoms with E-state index in [-0.39, 0.29) is 29.8 Å². The molecule has 2 N–H and O–H groups in total. The quantitative estimate of drug-likeness (QED) is 0.434. The van der Waals surface area contributed by atoms with E-state index >= 15 is 0 Å². The standard InChI is InChI=1S/C29H39F3N6O/c1-37-15-13-24(14-16-37)38(2)27(39)20-7-10-22(11-8-20)35-28-33-18-25(29(30,31)32)26(36-28)34-23-12-9-21(17-23)19-5-3-4-6-19/h7-8,10-11,18-19,21,23-24H,3-6,9,12-17H2,1-2H3,(H2,33,34,35,36). The number of piperidine rings is 1. The van der Waals surface area contributed by atoms with Crippen LogP contribution in [0.4, 0.5) is 30.6 Å². The van der Waals surface area contributed by atoms with E-state index in [0.29, 0.717) is 23.1 Å². The molecule has 5 rings (SSSR count). The summed E-state index contributed by atoms with van der Waals surface area (Å²) < 4.78 is 41.3. The first-order chi connectivity index (χ1) is 18.7. The van der Waals surface area contributed by atoms with Crippen LogP contribution in [-0.2, 0) is 6.18 Å². The number of amides is 1. The molecular formula is C29H39F3N6O. The van der Waals surface area contributed by atoms with Crippen LogP contribution in [0.5, 0.6) is 0 Å². The smallest absolute Gasteiger partial charge is 0.367 e. The number of alkyl halides is 3. The third kappa shape index (κ3) is 6.65. The molecule has 3 fully saturated rings. The van der Waals surface area contributed by atoms with Crippen LogP contribution in [0.25, 0.3) is 0 Å². The van der Waals surface area contributed by atoms with Gasteiger partial charge in [0, 0.05) is 36.6 Å². The van der Waals surface area contributed by atoms with Crippen molar-refractivity contribution in [2.24, 2.45) is 11.8 Å². The van der Waals surface area contributed by atoms with Crippen molar-refractivity contribution in [3.05, 3.63) is 41.6 Å². The molecule has 1 aromatic carbocycles. The Hall–Kier alpha value is -2.88. The second-order valence-electron chi connectivity index (χ2n) is 11.6. The zero-order valence-electron chi connectivity index (χ0n) is 22.8. The van der Waals surface area contributed by atoms with E-state index in [0.717, 1.165) is 51.4 Å². The van der Waals surface area contributed by atoms with Gasteiger partial charge in [0.05, 0.1) is 0 Å². The first kappa shape index (κ1) is 27.7. The summed E-state index contributed by atoms with van der Waals surface area (Å²) in [4.78, 5) is 25.3. The summed E-state index contributed by atoms with van der Waals surface area (Å²) in [5.74, 6) is 1.15. The molecule has 3 aliphatic rings. The summed E-state index contributed by atoms with van der Waals surface area (Å²) in [6, 6.07) is 7.10. The number of rotatable bonds is 7. The van der Waals surface area contributed by atoms with Gasteiger partial charge in [-0.1, -0.05) is 25.7 Å². The Kier molecular flexibility index (Phi) is 8.30. The molecule has 0 spiro atoms. The molecule has 1 amide bonds. The highest BCUT2D eigenvalue weighted by Crippen LogP contribution is 2.42. The Morgan fingerprint density at radius 2 is 1.69 bits per heavy atom. The van der Waals surface area contributed by atoms with Crippen LogP contribution in [0.15, 0.2) is 30.5 Å². The van der Waals surface area contributed by atoms with Crippen LogP contribution < -0.4 is 10.6 Å². The molecule has 2 heterocycles. The fraction of sp³-hybridized carbons (Fsp3) is 0.621. The zero-order chi connectivity index (χ0) is 27.6. The molecular weight excluding hydrogens is 505 g/mol. The van der Waals surface area contributed by atoms with Crippen LogP contribution in [0.2, 0.25) is 0 Å². The topological polar surface area (TPSA) is 73.4 Å². The number of hydrogen-bond donors (Lipinski definition) is 2. The normalized spacial score (nSPS) is 23.2. The van der Waals surface area contributed by atoms with Gasteiger partial charge in [0.25, 0.3) is 5.91 Å². The highest BCUT2D eigenvalue weighted by Gasteiger charge is 2.38. The molecule has 2 unspecified atom stereocenters. The van der Waals surface area contributed by atoms with Crippen molar-refractivity contribution < 1.29 is 18.0 Å². The van der Waals surface area contributed by atoms with E-state index in [1.54, 1.807) is 24.3 Å². The lowest BCUT2D eigenvalue weighted by atomic mass is 9.89. The van der Waals surface area contributed by atoms with Crippen LogP contribution >= 0.6 is 0 Å². The average Bonchev–Trinajstić information content (AvgIpc) is 3.61. The SMILES string of the molecule is CN1CCC(N(C)C(=O)c2ccc(Nc3ncc(C(F)(F)F)c(NC4CCC(C5CCCC5)C4)n3)cc2)CC1. The Balaban J connectivity index is 1.24.